The number of hydrogen-bond donors (Lipinski definition) is 0. The normalized spacial score (nSPS) is 22.8. The average molecular weight is 549 g/mol. The smallest absolute Gasteiger partial charge is 0.280 e. The first-order chi connectivity index (χ1) is 19.6. The number of benzene rings is 3. The SMILES string of the molecule is CCCCN(C)[C@@H]1O[C@H](COCc2ccccc2)[C@@H](OCc2ccccc2)[C@H](OCc2ccccc2)[C@H]1[N+](=O)[O-]. The second-order valence-corrected chi connectivity index (χ2v) is 10.2. The lowest BCUT2D eigenvalue weighted by Gasteiger charge is -2.45. The van der Waals surface area contributed by atoms with Crippen LogP contribution in [0.2, 0.25) is 0 Å². The molecular formula is C32H40N2O6. The Morgan fingerprint density at radius 3 is 1.80 bits per heavy atom. The summed E-state index contributed by atoms with van der Waals surface area (Å²) < 4.78 is 25.4. The predicted octanol–water partition coefficient (Wildman–Crippen LogP) is 5.48. The van der Waals surface area contributed by atoms with Gasteiger partial charge in [-0.25, -0.2) is 0 Å². The fraction of sp³-hybridized carbons (Fsp3) is 0.438. The van der Waals surface area contributed by atoms with Crippen molar-refractivity contribution in [2.75, 3.05) is 20.2 Å². The highest BCUT2D eigenvalue weighted by Crippen LogP contribution is 2.31. The molecule has 3 aromatic carbocycles. The summed E-state index contributed by atoms with van der Waals surface area (Å²) in [6.45, 7) is 3.88. The molecule has 0 aliphatic carbocycles. The van der Waals surface area contributed by atoms with Gasteiger partial charge in [-0.05, 0) is 30.2 Å². The van der Waals surface area contributed by atoms with Gasteiger partial charge in [0.1, 0.15) is 12.2 Å². The van der Waals surface area contributed by atoms with E-state index < -0.39 is 30.6 Å². The number of nitrogens with zero attached hydrogens (tertiary/aromatic N) is 2. The van der Waals surface area contributed by atoms with Gasteiger partial charge in [0.2, 0.25) is 0 Å². The van der Waals surface area contributed by atoms with E-state index in [2.05, 4.69) is 6.92 Å². The fourth-order valence-corrected chi connectivity index (χ4v) is 4.96. The van der Waals surface area contributed by atoms with E-state index in [1.54, 1.807) is 0 Å². The van der Waals surface area contributed by atoms with Gasteiger partial charge in [-0.15, -0.1) is 0 Å². The van der Waals surface area contributed by atoms with Crippen LogP contribution in [-0.2, 0) is 38.8 Å². The minimum Gasteiger partial charge on any atom is -0.374 e. The van der Waals surface area contributed by atoms with Crippen LogP contribution in [0.25, 0.3) is 0 Å². The fourth-order valence-electron chi connectivity index (χ4n) is 4.96. The summed E-state index contributed by atoms with van der Waals surface area (Å²) in [6, 6.07) is 28.2. The number of hydrogen-bond acceptors (Lipinski definition) is 7. The van der Waals surface area contributed by atoms with Crippen molar-refractivity contribution in [1.82, 2.24) is 4.90 Å². The van der Waals surface area contributed by atoms with Gasteiger partial charge in [0.05, 0.1) is 26.4 Å². The Labute approximate surface area is 237 Å². The lowest BCUT2D eigenvalue weighted by molar-refractivity contribution is -0.568. The highest BCUT2D eigenvalue weighted by Gasteiger charge is 2.55. The van der Waals surface area contributed by atoms with E-state index in [0.29, 0.717) is 13.2 Å². The van der Waals surface area contributed by atoms with E-state index in [4.69, 9.17) is 18.9 Å². The van der Waals surface area contributed by atoms with Crippen molar-refractivity contribution in [2.24, 2.45) is 0 Å². The Morgan fingerprint density at radius 1 is 0.800 bits per heavy atom. The third kappa shape index (κ3) is 8.43. The zero-order valence-electron chi connectivity index (χ0n) is 23.3. The summed E-state index contributed by atoms with van der Waals surface area (Å²) in [5.41, 5.74) is 2.94. The van der Waals surface area contributed by atoms with Gasteiger partial charge >= 0.3 is 0 Å². The van der Waals surface area contributed by atoms with Gasteiger partial charge in [-0.1, -0.05) is 104 Å². The van der Waals surface area contributed by atoms with Gasteiger partial charge in [-0.2, -0.15) is 0 Å². The Kier molecular flexibility index (Phi) is 11.6. The maximum absolute atomic E-state index is 12.6. The molecule has 0 spiro atoms. The van der Waals surface area contributed by atoms with E-state index in [9.17, 15) is 10.1 Å². The first-order valence-corrected chi connectivity index (χ1v) is 14.0. The van der Waals surface area contributed by atoms with E-state index in [-0.39, 0.29) is 24.7 Å². The summed E-state index contributed by atoms with van der Waals surface area (Å²) in [5.74, 6) is 0. The van der Waals surface area contributed by atoms with Crippen LogP contribution in [0.4, 0.5) is 0 Å². The molecule has 0 unspecified atom stereocenters. The highest BCUT2D eigenvalue weighted by molar-refractivity contribution is 5.15. The largest absolute Gasteiger partial charge is 0.374 e. The van der Waals surface area contributed by atoms with Crippen LogP contribution in [0.15, 0.2) is 91.0 Å². The zero-order chi connectivity index (χ0) is 28.2. The monoisotopic (exact) mass is 548 g/mol. The van der Waals surface area contributed by atoms with E-state index in [1.807, 2.05) is 103 Å². The molecule has 0 N–H and O–H groups in total. The summed E-state index contributed by atoms with van der Waals surface area (Å²) >= 11 is 0. The summed E-state index contributed by atoms with van der Waals surface area (Å²) in [4.78, 5) is 14.3. The third-order valence-corrected chi connectivity index (χ3v) is 7.14. The standard InChI is InChI=1S/C32H40N2O6/c1-3-4-20-33(2)32-29(34(35)36)31(39-23-27-18-12-7-13-19-27)30(38-22-26-16-10-6-11-17-26)28(40-32)24-37-21-25-14-8-5-9-15-25/h5-19,28-32H,3-4,20-24H2,1-2H3/t28-,29-,30-,31-,32-/m1/s1. The van der Waals surface area contributed by atoms with Gasteiger partial charge < -0.3 is 18.9 Å². The van der Waals surface area contributed by atoms with Gasteiger partial charge in [-0.3, -0.25) is 15.0 Å². The van der Waals surface area contributed by atoms with Crippen LogP contribution in [-0.4, -0.2) is 60.6 Å². The molecule has 1 aliphatic heterocycles. The molecule has 1 heterocycles. The zero-order valence-corrected chi connectivity index (χ0v) is 23.3. The molecule has 1 fully saturated rings. The van der Waals surface area contributed by atoms with E-state index in [0.717, 1.165) is 29.5 Å². The van der Waals surface area contributed by atoms with Crippen LogP contribution < -0.4 is 0 Å². The molecule has 40 heavy (non-hydrogen) atoms. The van der Waals surface area contributed by atoms with Crippen molar-refractivity contribution >= 4 is 0 Å². The van der Waals surface area contributed by atoms with Crippen LogP contribution in [0.5, 0.6) is 0 Å². The molecule has 0 amide bonds. The van der Waals surface area contributed by atoms with Crippen molar-refractivity contribution in [3.63, 3.8) is 0 Å². The number of unbranched alkanes of at least 4 members (excludes halogenated alkanes) is 1. The topological polar surface area (TPSA) is 83.3 Å². The van der Waals surface area contributed by atoms with E-state index in [1.165, 1.54) is 0 Å². The van der Waals surface area contributed by atoms with Crippen molar-refractivity contribution in [3.05, 3.63) is 118 Å². The maximum Gasteiger partial charge on any atom is 0.280 e. The molecule has 3 aromatic rings. The summed E-state index contributed by atoms with van der Waals surface area (Å²) in [5, 5.41) is 12.6. The number of likely N-dealkylation sites (N-methyl/N-ethyl adjacent to an activating group) is 1. The minimum absolute atomic E-state index is 0.210. The van der Waals surface area contributed by atoms with Crippen molar-refractivity contribution < 1.29 is 23.9 Å². The second-order valence-electron chi connectivity index (χ2n) is 10.2. The minimum atomic E-state index is -1.14. The maximum atomic E-state index is 12.6. The van der Waals surface area contributed by atoms with Crippen LogP contribution in [0.1, 0.15) is 36.5 Å². The molecule has 0 aromatic heterocycles. The first kappa shape index (κ1) is 29.8. The Hall–Kier alpha value is -3.14. The van der Waals surface area contributed by atoms with Crippen molar-refractivity contribution in [1.29, 1.82) is 0 Å². The number of nitro groups is 1. The predicted molar refractivity (Wildman–Crippen MR) is 153 cm³/mol. The molecule has 0 radical (unpaired) electrons. The second kappa shape index (κ2) is 15.6. The first-order valence-electron chi connectivity index (χ1n) is 14.0. The lowest BCUT2D eigenvalue weighted by atomic mass is 9.95. The van der Waals surface area contributed by atoms with Crippen molar-refractivity contribution in [3.8, 4) is 0 Å². The molecule has 0 bridgehead atoms. The Balaban J connectivity index is 1.61. The van der Waals surface area contributed by atoms with Gasteiger partial charge in [0.25, 0.3) is 6.04 Å². The number of rotatable bonds is 15. The molecule has 1 aliphatic rings. The molecule has 8 nitrogen and oxygen atoms in total. The molecule has 0 saturated carbocycles. The van der Waals surface area contributed by atoms with Crippen LogP contribution >= 0.6 is 0 Å². The third-order valence-electron chi connectivity index (χ3n) is 7.14. The van der Waals surface area contributed by atoms with Crippen LogP contribution in [0.3, 0.4) is 0 Å². The quantitative estimate of drug-likeness (QED) is 0.184. The highest BCUT2D eigenvalue weighted by atomic mass is 16.7. The lowest BCUT2D eigenvalue weighted by Crippen LogP contribution is -2.66. The molecule has 5 atom stereocenters. The average Bonchev–Trinajstić information content (AvgIpc) is 2.99. The summed E-state index contributed by atoms with van der Waals surface area (Å²) in [6.07, 6.45) is -1.05. The van der Waals surface area contributed by atoms with Gasteiger partial charge in [0, 0.05) is 11.5 Å². The molecule has 214 valence electrons. The van der Waals surface area contributed by atoms with E-state index >= 15 is 0 Å². The van der Waals surface area contributed by atoms with Crippen molar-refractivity contribution in [2.45, 2.75) is 70.2 Å². The molecular weight excluding hydrogens is 508 g/mol. The molecule has 4 rings (SSSR count). The number of ether oxygens (including phenoxy) is 4. The Morgan fingerprint density at radius 2 is 1.30 bits per heavy atom. The Bertz CT molecular complexity index is 1130. The molecule has 1 saturated heterocycles. The van der Waals surface area contributed by atoms with Crippen LogP contribution in [0, 0.1) is 10.1 Å². The van der Waals surface area contributed by atoms with Gasteiger partial charge in [0.15, 0.2) is 12.3 Å². The molecule has 8 heteroatoms. The summed E-state index contributed by atoms with van der Waals surface area (Å²) in [7, 11) is 1.87.